The quantitative estimate of drug-likeness (QED) is 0.615. The van der Waals surface area contributed by atoms with Gasteiger partial charge in [-0.25, -0.2) is 0 Å². The molecule has 0 heterocycles. The number of benzene rings is 1. The Morgan fingerprint density at radius 3 is 2.58 bits per heavy atom. The fourth-order valence-corrected chi connectivity index (χ4v) is 1.07. The fourth-order valence-electron chi connectivity index (χ4n) is 1.07. The van der Waals surface area contributed by atoms with Crippen LogP contribution in [0.1, 0.15) is 6.92 Å². The van der Waals surface area contributed by atoms with Crippen LogP contribution in [0.5, 0.6) is 0 Å². The zero-order valence-corrected chi connectivity index (χ0v) is 9.58. The minimum absolute atomic E-state index is 1.33. The van der Waals surface area contributed by atoms with Gasteiger partial charge in [-0.05, 0) is 0 Å². The summed E-state index contributed by atoms with van der Waals surface area (Å²) in [6.07, 6.45) is 0. The molecule has 60 valence electrons. The molecule has 2 rings (SSSR count). The second kappa shape index (κ2) is 5.27. The molecule has 2 aromatic rings. The van der Waals surface area contributed by atoms with E-state index in [2.05, 4.69) is 46.2 Å². The maximum absolute atomic E-state index is 2.12. The van der Waals surface area contributed by atoms with Gasteiger partial charge in [0.25, 0.3) is 0 Å². The molecule has 0 bridgehead atoms. The summed E-state index contributed by atoms with van der Waals surface area (Å²) in [5.74, 6) is 0. The van der Waals surface area contributed by atoms with Crippen LogP contribution in [0.25, 0.3) is 10.8 Å². The van der Waals surface area contributed by atoms with Gasteiger partial charge in [0.15, 0.2) is 0 Å². The molecule has 0 unspecified atom stereocenters. The van der Waals surface area contributed by atoms with Crippen LogP contribution in [-0.4, -0.2) is 3.71 Å². The Balaban J connectivity index is 0.000000213. The minimum Gasteiger partial charge on any atom is -0.168 e. The maximum atomic E-state index is 2.12. The van der Waals surface area contributed by atoms with E-state index in [1.165, 1.54) is 35.0 Å². The first-order chi connectivity index (χ1) is 5.88. The molecule has 0 saturated heterocycles. The van der Waals surface area contributed by atoms with E-state index in [4.69, 9.17) is 0 Å². The van der Waals surface area contributed by atoms with E-state index in [1.54, 1.807) is 0 Å². The molecule has 2 aromatic carbocycles. The molecule has 0 fully saturated rings. The maximum Gasteiger partial charge on any atom is -0.0809 e. The molecule has 0 amide bonds. The Morgan fingerprint density at radius 1 is 1.25 bits per heavy atom. The summed E-state index contributed by atoms with van der Waals surface area (Å²) >= 11 is 1.51. The van der Waals surface area contributed by atoms with E-state index >= 15 is 0 Å². The zero-order chi connectivity index (χ0) is 8.81. The standard InChI is InChI=1S/C9H7.C2H4.Zr/c1-2-5-9-7-3-6-8(9)4-1;1-2;/h1-7H;1H,2H3;/q-1;;. The first-order valence-electron chi connectivity index (χ1n) is 3.94. The molecule has 12 heavy (non-hydrogen) atoms. The predicted octanol–water partition coefficient (Wildman–Crippen LogP) is 2.91. The minimum atomic E-state index is 1.33. The van der Waals surface area contributed by atoms with Crippen LogP contribution in [0, 0.1) is 0 Å². The average Bonchev–Trinajstić information content (AvgIpc) is 2.52. The van der Waals surface area contributed by atoms with Crippen LogP contribution >= 0.6 is 0 Å². The molecule has 0 aliphatic rings. The summed E-state index contributed by atoms with van der Waals surface area (Å²) in [5, 5.41) is 2.66. The number of hydrogen-bond donors (Lipinski definition) is 0. The van der Waals surface area contributed by atoms with E-state index in [0.29, 0.717) is 0 Å². The molecule has 0 spiro atoms. The van der Waals surface area contributed by atoms with Crippen molar-refractivity contribution >= 4 is 14.5 Å². The Hall–Kier alpha value is -0.417. The van der Waals surface area contributed by atoms with E-state index in [-0.39, 0.29) is 0 Å². The van der Waals surface area contributed by atoms with Crippen LogP contribution in [0.2, 0.25) is 0 Å². The van der Waals surface area contributed by atoms with Crippen LogP contribution in [0.4, 0.5) is 0 Å². The van der Waals surface area contributed by atoms with Gasteiger partial charge in [-0.3, -0.25) is 0 Å². The smallest absolute Gasteiger partial charge is 0.0809 e. The summed E-state index contributed by atoms with van der Waals surface area (Å²) in [7, 11) is 0. The molecular formula is C11H11Zr-. The monoisotopic (exact) mass is 233 g/mol. The Bertz CT molecular complexity index is 316. The van der Waals surface area contributed by atoms with Crippen molar-refractivity contribution in [3.63, 3.8) is 0 Å². The summed E-state index contributed by atoms with van der Waals surface area (Å²) in [5.41, 5.74) is 0. The van der Waals surface area contributed by atoms with Crippen LogP contribution in [0.3, 0.4) is 0 Å². The first-order valence-corrected chi connectivity index (χ1v) is 5.36. The van der Waals surface area contributed by atoms with Crippen molar-refractivity contribution in [2.45, 2.75) is 6.92 Å². The van der Waals surface area contributed by atoms with Gasteiger partial charge >= 0.3 is 34.9 Å². The number of rotatable bonds is 0. The van der Waals surface area contributed by atoms with Gasteiger partial charge in [0.2, 0.25) is 0 Å². The van der Waals surface area contributed by atoms with Crippen molar-refractivity contribution in [3.05, 3.63) is 42.5 Å². The summed E-state index contributed by atoms with van der Waals surface area (Å²) < 4.78 is 2.09. The third kappa shape index (κ3) is 2.57. The molecular weight excluding hydrogens is 223 g/mol. The third-order valence-electron chi connectivity index (χ3n) is 1.55. The van der Waals surface area contributed by atoms with Gasteiger partial charge in [-0.2, -0.15) is 17.5 Å². The van der Waals surface area contributed by atoms with E-state index in [1.807, 2.05) is 6.92 Å². The Morgan fingerprint density at radius 2 is 1.92 bits per heavy atom. The summed E-state index contributed by atoms with van der Waals surface area (Å²) in [6, 6.07) is 14.7. The molecule has 0 aromatic heterocycles. The second-order valence-electron chi connectivity index (χ2n) is 2.44. The van der Waals surface area contributed by atoms with Crippen molar-refractivity contribution in [1.29, 1.82) is 0 Å². The third-order valence-corrected chi connectivity index (χ3v) is 1.55. The molecule has 0 aliphatic heterocycles. The largest absolute Gasteiger partial charge is 0.168 e. The van der Waals surface area contributed by atoms with Gasteiger partial charge in [0.05, 0.1) is 0 Å². The molecule has 0 radical (unpaired) electrons. The Labute approximate surface area is 87.9 Å². The van der Waals surface area contributed by atoms with Crippen molar-refractivity contribution in [2.75, 3.05) is 0 Å². The first kappa shape index (κ1) is 9.67. The van der Waals surface area contributed by atoms with Crippen molar-refractivity contribution in [3.8, 4) is 0 Å². The molecule has 0 aliphatic carbocycles. The normalized spacial score (nSPS) is 8.67. The number of fused-ring (bicyclic) bond motifs is 1. The van der Waals surface area contributed by atoms with Gasteiger partial charge in [0.1, 0.15) is 0 Å². The van der Waals surface area contributed by atoms with E-state index in [9.17, 15) is 0 Å². The fraction of sp³-hybridized carbons (Fsp3) is 0.0909. The van der Waals surface area contributed by atoms with E-state index < -0.39 is 0 Å². The molecule has 0 atom stereocenters. The van der Waals surface area contributed by atoms with Crippen LogP contribution < -0.4 is 0 Å². The van der Waals surface area contributed by atoms with Crippen molar-refractivity contribution in [1.82, 2.24) is 0 Å². The molecule has 0 nitrogen and oxygen atoms in total. The zero-order valence-electron chi connectivity index (χ0n) is 7.12. The van der Waals surface area contributed by atoms with Gasteiger partial charge in [-0.1, -0.05) is 6.07 Å². The molecule has 0 saturated carbocycles. The van der Waals surface area contributed by atoms with Crippen molar-refractivity contribution < 1.29 is 24.2 Å². The summed E-state index contributed by atoms with van der Waals surface area (Å²) in [6.45, 7) is 2.04. The summed E-state index contributed by atoms with van der Waals surface area (Å²) in [4.78, 5) is 0. The van der Waals surface area contributed by atoms with Crippen molar-refractivity contribution in [2.24, 2.45) is 0 Å². The SMILES string of the molecule is C[CH]=[Zr].c1ccc2[cH-]ccc2c1. The average molecular weight is 234 g/mol. The van der Waals surface area contributed by atoms with Gasteiger partial charge < -0.3 is 0 Å². The molecule has 0 N–H and O–H groups in total. The topological polar surface area (TPSA) is 0 Å². The number of hydrogen-bond acceptors (Lipinski definition) is 0. The Kier molecular flexibility index (Phi) is 4.24. The van der Waals surface area contributed by atoms with Crippen LogP contribution in [-0.2, 0) is 24.2 Å². The van der Waals surface area contributed by atoms with Gasteiger partial charge in [-0.15, -0.1) is 29.7 Å². The predicted molar refractivity (Wildman–Crippen MR) is 51.3 cm³/mol. The second-order valence-corrected chi connectivity index (χ2v) is 3.86. The van der Waals surface area contributed by atoms with Crippen LogP contribution in [0.15, 0.2) is 42.5 Å². The van der Waals surface area contributed by atoms with Gasteiger partial charge in [0, 0.05) is 0 Å². The van der Waals surface area contributed by atoms with E-state index in [0.717, 1.165) is 0 Å². The molecule has 1 heteroatoms.